The molecule has 1 saturated heterocycles. The van der Waals surface area contributed by atoms with Gasteiger partial charge in [-0.2, -0.15) is 4.31 Å². The predicted octanol–water partition coefficient (Wildman–Crippen LogP) is 0.724. The number of aromatic nitrogens is 2. The number of sulfonamides is 1. The highest BCUT2D eigenvalue weighted by molar-refractivity contribution is 7.89. The lowest BCUT2D eigenvalue weighted by atomic mass is 9.97. The van der Waals surface area contributed by atoms with Crippen LogP contribution in [0, 0.1) is 0 Å². The third kappa shape index (κ3) is 3.90. The number of rotatable bonds is 4. The summed E-state index contributed by atoms with van der Waals surface area (Å²) in [4.78, 5) is 24.2. The summed E-state index contributed by atoms with van der Waals surface area (Å²) < 4.78 is 38.9. The summed E-state index contributed by atoms with van der Waals surface area (Å²) in [5.74, 6) is 1.72. The number of nitrogens with zero attached hydrogens (tertiary/aromatic N) is 2. The molecule has 0 unspecified atom stereocenters. The van der Waals surface area contributed by atoms with Gasteiger partial charge >= 0.3 is 0 Å². The van der Waals surface area contributed by atoms with Crippen LogP contribution in [0.5, 0.6) is 11.5 Å². The van der Waals surface area contributed by atoms with Gasteiger partial charge in [0, 0.05) is 10.9 Å². The maximum absolute atomic E-state index is 13.2. The van der Waals surface area contributed by atoms with E-state index in [4.69, 9.17) is 14.5 Å². The zero-order valence-corrected chi connectivity index (χ0v) is 20.4. The smallest absolute Gasteiger partial charge is 0.260 e. The summed E-state index contributed by atoms with van der Waals surface area (Å²) in [5.41, 5.74) is 1.15. The fraction of sp³-hybridized carbons (Fsp3) is 0.478. The molecule has 2 aliphatic heterocycles. The molecule has 180 valence electrons. The first-order chi connectivity index (χ1) is 16.5. The predicted molar refractivity (Wildman–Crippen MR) is 127 cm³/mol. The fourth-order valence-corrected chi connectivity index (χ4v) is 7.82. The summed E-state index contributed by atoms with van der Waals surface area (Å²) in [6, 6.07) is 4.78. The molecular formula is C23H27N4O5S2+. The van der Waals surface area contributed by atoms with Crippen LogP contribution in [0.25, 0.3) is 10.2 Å². The van der Waals surface area contributed by atoms with Crippen molar-refractivity contribution >= 4 is 31.6 Å². The van der Waals surface area contributed by atoms with Crippen LogP contribution in [0.2, 0.25) is 0 Å². The van der Waals surface area contributed by atoms with E-state index in [0.717, 1.165) is 29.5 Å². The molecule has 1 aliphatic carbocycles. The lowest BCUT2D eigenvalue weighted by Crippen LogP contribution is -3.13. The Labute approximate surface area is 201 Å². The molecule has 1 aromatic carbocycles. The first-order valence-corrected chi connectivity index (χ1v) is 14.0. The number of quaternary nitrogens is 1. The zero-order valence-electron chi connectivity index (χ0n) is 18.8. The van der Waals surface area contributed by atoms with Gasteiger partial charge in [-0.3, -0.25) is 4.79 Å². The van der Waals surface area contributed by atoms with Crippen molar-refractivity contribution in [1.82, 2.24) is 14.3 Å². The first kappa shape index (κ1) is 22.0. The summed E-state index contributed by atoms with van der Waals surface area (Å²) in [5, 5.41) is 0.772. The van der Waals surface area contributed by atoms with Gasteiger partial charge in [-0.25, -0.2) is 13.4 Å². The quantitative estimate of drug-likeness (QED) is 0.544. The average molecular weight is 504 g/mol. The van der Waals surface area contributed by atoms with Crippen LogP contribution >= 0.6 is 11.3 Å². The Morgan fingerprint density at radius 1 is 1.09 bits per heavy atom. The van der Waals surface area contributed by atoms with Crippen molar-refractivity contribution < 1.29 is 22.8 Å². The third-order valence-electron chi connectivity index (χ3n) is 6.87. The lowest BCUT2D eigenvalue weighted by Gasteiger charge is -2.31. The third-order valence-corrected chi connectivity index (χ3v) is 9.95. The van der Waals surface area contributed by atoms with E-state index in [0.29, 0.717) is 63.3 Å². The number of H-pyrrole nitrogens is 1. The van der Waals surface area contributed by atoms with Crippen molar-refractivity contribution in [2.24, 2.45) is 0 Å². The van der Waals surface area contributed by atoms with Gasteiger partial charge in [-0.15, -0.1) is 11.3 Å². The Bertz CT molecular complexity index is 1410. The molecule has 0 atom stereocenters. The van der Waals surface area contributed by atoms with Gasteiger partial charge in [0.1, 0.15) is 24.6 Å². The van der Waals surface area contributed by atoms with Gasteiger partial charge in [0.15, 0.2) is 17.3 Å². The minimum Gasteiger partial charge on any atom is -0.486 e. The van der Waals surface area contributed by atoms with Gasteiger partial charge in [0.2, 0.25) is 10.0 Å². The number of aromatic amines is 1. The number of hydrogen-bond acceptors (Lipinski definition) is 7. The molecule has 0 spiro atoms. The van der Waals surface area contributed by atoms with E-state index in [1.165, 1.54) is 26.1 Å². The molecular weight excluding hydrogens is 476 g/mol. The Kier molecular flexibility index (Phi) is 5.59. The van der Waals surface area contributed by atoms with Crippen molar-refractivity contribution in [2.75, 3.05) is 39.4 Å². The lowest BCUT2D eigenvalue weighted by molar-refractivity contribution is -0.917. The Morgan fingerprint density at radius 3 is 2.68 bits per heavy atom. The van der Waals surface area contributed by atoms with Gasteiger partial charge < -0.3 is 19.4 Å². The number of hydrogen-bond donors (Lipinski definition) is 2. The molecule has 0 bridgehead atoms. The molecule has 4 heterocycles. The van der Waals surface area contributed by atoms with Crippen molar-refractivity contribution in [1.29, 1.82) is 0 Å². The summed E-state index contributed by atoms with van der Waals surface area (Å²) in [7, 11) is -3.62. The summed E-state index contributed by atoms with van der Waals surface area (Å²) >= 11 is 1.65. The standard InChI is InChI=1S/C23H26N4O5S2/c28-22-21-16-3-1-2-4-19(16)33-23(21)25-20(24-22)14-26-7-9-27(10-8-26)34(29,30)15-5-6-17-18(13-15)32-12-11-31-17/h5-6,13H,1-4,7-12,14H2,(H,24,25,28)/p+1. The molecule has 0 saturated carbocycles. The van der Waals surface area contributed by atoms with E-state index in [2.05, 4.69) is 4.98 Å². The number of nitrogens with one attached hydrogen (secondary N) is 2. The van der Waals surface area contributed by atoms with Crippen LogP contribution in [0.3, 0.4) is 0 Å². The average Bonchev–Trinajstić information content (AvgIpc) is 3.23. The monoisotopic (exact) mass is 503 g/mol. The van der Waals surface area contributed by atoms with E-state index in [9.17, 15) is 13.2 Å². The Morgan fingerprint density at radius 2 is 1.85 bits per heavy atom. The van der Waals surface area contributed by atoms with Crippen molar-refractivity contribution in [2.45, 2.75) is 37.1 Å². The van der Waals surface area contributed by atoms with E-state index in [-0.39, 0.29) is 10.5 Å². The van der Waals surface area contributed by atoms with Gasteiger partial charge in [-0.05, 0) is 43.4 Å². The molecule has 34 heavy (non-hydrogen) atoms. The second-order valence-electron chi connectivity index (χ2n) is 9.04. The van der Waals surface area contributed by atoms with E-state index in [1.807, 2.05) is 0 Å². The number of ether oxygens (including phenoxy) is 2. The molecule has 2 aromatic heterocycles. The largest absolute Gasteiger partial charge is 0.486 e. The minimum absolute atomic E-state index is 0.0429. The Balaban J connectivity index is 1.15. The number of fused-ring (bicyclic) bond motifs is 4. The topological polar surface area (TPSA) is 106 Å². The van der Waals surface area contributed by atoms with Crippen molar-refractivity contribution in [3.8, 4) is 11.5 Å². The summed E-state index contributed by atoms with van der Waals surface area (Å²) in [6.45, 7) is 3.56. The molecule has 2 N–H and O–H groups in total. The molecule has 1 fully saturated rings. The van der Waals surface area contributed by atoms with Crippen molar-refractivity contribution in [3.05, 3.63) is 44.8 Å². The molecule has 0 amide bonds. The van der Waals surface area contributed by atoms with Crippen LogP contribution in [0.4, 0.5) is 0 Å². The van der Waals surface area contributed by atoms with E-state index in [1.54, 1.807) is 29.5 Å². The van der Waals surface area contributed by atoms with Crippen LogP contribution in [-0.2, 0) is 29.4 Å². The van der Waals surface area contributed by atoms with Crippen LogP contribution < -0.4 is 19.9 Å². The van der Waals surface area contributed by atoms with Gasteiger partial charge in [0.05, 0.1) is 36.5 Å². The number of aryl methyl sites for hydroxylation is 2. The summed E-state index contributed by atoms with van der Waals surface area (Å²) in [6.07, 6.45) is 4.30. The number of benzene rings is 1. The van der Waals surface area contributed by atoms with Crippen molar-refractivity contribution in [3.63, 3.8) is 0 Å². The van der Waals surface area contributed by atoms with E-state index < -0.39 is 10.0 Å². The van der Waals surface area contributed by atoms with Crippen LogP contribution in [-0.4, -0.2) is 62.1 Å². The second-order valence-corrected chi connectivity index (χ2v) is 12.1. The molecule has 6 rings (SSSR count). The maximum atomic E-state index is 13.2. The highest BCUT2D eigenvalue weighted by Gasteiger charge is 2.32. The van der Waals surface area contributed by atoms with Gasteiger partial charge in [-0.1, -0.05) is 0 Å². The van der Waals surface area contributed by atoms with E-state index >= 15 is 0 Å². The minimum atomic E-state index is -3.62. The zero-order chi connectivity index (χ0) is 23.3. The molecule has 3 aliphatic rings. The number of piperazine rings is 1. The Hall–Kier alpha value is -2.47. The molecule has 11 heteroatoms. The molecule has 0 radical (unpaired) electrons. The van der Waals surface area contributed by atoms with Crippen LogP contribution in [0.15, 0.2) is 27.9 Å². The van der Waals surface area contributed by atoms with Crippen LogP contribution in [0.1, 0.15) is 29.1 Å². The second kappa shape index (κ2) is 8.63. The highest BCUT2D eigenvalue weighted by Crippen LogP contribution is 2.34. The fourth-order valence-electron chi connectivity index (χ4n) is 5.08. The number of thiophene rings is 1. The highest BCUT2D eigenvalue weighted by atomic mass is 32.2. The maximum Gasteiger partial charge on any atom is 0.260 e. The SMILES string of the molecule is O=c1[nH]c(C[NH+]2CCN(S(=O)(=O)c3ccc4c(c3)OCCO4)CC2)nc2sc3c(c12)CCCC3. The normalized spacial score (nSPS) is 19.3. The van der Waals surface area contributed by atoms with Gasteiger partial charge in [0.25, 0.3) is 5.56 Å². The molecule has 9 nitrogen and oxygen atoms in total. The first-order valence-electron chi connectivity index (χ1n) is 11.8. The molecule has 3 aromatic rings.